The average molecular weight is 700 g/mol. The second kappa shape index (κ2) is 22.3. The monoisotopic (exact) mass is 698 g/mol. The molecule has 0 fully saturated rings. The molecular formula is C24H36Br2N4O10. The molecule has 16 heteroatoms. The highest BCUT2D eigenvalue weighted by molar-refractivity contribution is 9.10. The van der Waals surface area contributed by atoms with Gasteiger partial charge < -0.3 is 50.7 Å². The third-order valence-electron chi connectivity index (χ3n) is 4.54. The summed E-state index contributed by atoms with van der Waals surface area (Å²) in [6, 6.07) is 3.82. The number of nitrogens with one attached hydrogen (secondary N) is 2. The SMILES string of the molecule is CNCCCOc1cncc(Br)c1.CNCCCOc1cncc(Br)c1.O=C(O)[C@@H](O)[C@H](O)[C@H](O)[C@@H](O)C(=O)O. The van der Waals surface area contributed by atoms with Gasteiger partial charge in [0.2, 0.25) is 0 Å². The molecule has 2 heterocycles. The topological polar surface area (TPSA) is 224 Å². The molecule has 0 aliphatic rings. The summed E-state index contributed by atoms with van der Waals surface area (Å²) < 4.78 is 12.8. The van der Waals surface area contributed by atoms with Crippen LogP contribution in [0.4, 0.5) is 0 Å². The minimum atomic E-state index is -2.36. The molecule has 0 spiro atoms. The lowest BCUT2D eigenvalue weighted by Gasteiger charge is -2.21. The molecule has 40 heavy (non-hydrogen) atoms. The van der Waals surface area contributed by atoms with Crippen molar-refractivity contribution in [1.82, 2.24) is 20.6 Å². The Labute approximate surface area is 248 Å². The maximum atomic E-state index is 10.1. The predicted octanol–water partition coefficient (Wildman–Crippen LogP) is 0.264. The van der Waals surface area contributed by atoms with E-state index < -0.39 is 36.4 Å². The number of aromatic nitrogens is 2. The Hall–Kier alpha value is -2.44. The van der Waals surface area contributed by atoms with Crippen molar-refractivity contribution < 1.29 is 49.7 Å². The summed E-state index contributed by atoms with van der Waals surface area (Å²) in [6.07, 6.45) is -0.378. The minimum Gasteiger partial charge on any atom is -0.492 e. The number of carboxylic acids is 2. The van der Waals surface area contributed by atoms with Gasteiger partial charge in [-0.25, -0.2) is 9.59 Å². The largest absolute Gasteiger partial charge is 0.492 e. The first-order valence-corrected chi connectivity index (χ1v) is 13.5. The second-order valence-electron chi connectivity index (χ2n) is 7.84. The van der Waals surface area contributed by atoms with Crippen LogP contribution >= 0.6 is 31.9 Å². The first-order chi connectivity index (χ1) is 18.9. The van der Waals surface area contributed by atoms with Crippen LogP contribution in [-0.4, -0.2) is 117 Å². The molecule has 0 aliphatic heterocycles. The molecule has 14 nitrogen and oxygen atoms in total. The summed E-state index contributed by atoms with van der Waals surface area (Å²) in [6.45, 7) is 3.39. The molecule has 0 radical (unpaired) electrons. The number of rotatable bonds is 15. The van der Waals surface area contributed by atoms with E-state index in [1.807, 2.05) is 26.2 Å². The van der Waals surface area contributed by atoms with Crippen molar-refractivity contribution in [3.63, 3.8) is 0 Å². The Balaban J connectivity index is 0.000000571. The lowest BCUT2D eigenvalue weighted by molar-refractivity contribution is -0.172. The van der Waals surface area contributed by atoms with Gasteiger partial charge in [0.25, 0.3) is 0 Å². The Morgan fingerprint density at radius 3 is 1.38 bits per heavy atom. The standard InChI is InChI=1S/2C9H13BrN2O.C6H10O8/c2*1-11-3-2-4-13-9-5-8(10)6-12-7-9;7-1(3(9)5(11)12)2(8)4(10)6(13)14/h2*5-7,11H,2-4H2,1H3;1-4,7-10H,(H,11,12)(H,13,14)/t;;1-,2+,3+,4-. The Bertz CT molecular complexity index is 915. The molecule has 2 rings (SSSR count). The zero-order chi connectivity index (χ0) is 30.5. The minimum absolute atomic E-state index is 0.721. The molecule has 0 saturated heterocycles. The van der Waals surface area contributed by atoms with E-state index in [2.05, 4.69) is 52.5 Å². The number of carbonyl (C=O) groups is 2. The van der Waals surface area contributed by atoms with Crippen LogP contribution in [0.2, 0.25) is 0 Å². The molecule has 226 valence electrons. The maximum absolute atomic E-state index is 10.1. The molecule has 4 atom stereocenters. The Morgan fingerprint density at radius 2 is 1.10 bits per heavy atom. The summed E-state index contributed by atoms with van der Waals surface area (Å²) in [7, 11) is 3.86. The van der Waals surface area contributed by atoms with Crippen molar-refractivity contribution in [2.24, 2.45) is 0 Å². The third kappa shape index (κ3) is 17.3. The summed E-state index contributed by atoms with van der Waals surface area (Å²) in [5.74, 6) is -2.06. The number of nitrogens with zero attached hydrogens (tertiary/aromatic N) is 2. The fourth-order valence-electron chi connectivity index (χ4n) is 2.49. The predicted molar refractivity (Wildman–Crippen MR) is 151 cm³/mol. The van der Waals surface area contributed by atoms with Crippen LogP contribution in [0, 0.1) is 0 Å². The molecule has 0 aromatic carbocycles. The highest BCUT2D eigenvalue weighted by Gasteiger charge is 2.37. The zero-order valence-electron chi connectivity index (χ0n) is 22.0. The second-order valence-corrected chi connectivity index (χ2v) is 9.67. The smallest absolute Gasteiger partial charge is 0.335 e. The van der Waals surface area contributed by atoms with E-state index >= 15 is 0 Å². The van der Waals surface area contributed by atoms with Crippen LogP contribution in [0.5, 0.6) is 11.5 Å². The van der Waals surface area contributed by atoms with Gasteiger partial charge in [-0.15, -0.1) is 0 Å². The van der Waals surface area contributed by atoms with Crippen molar-refractivity contribution >= 4 is 43.8 Å². The molecule has 0 aliphatic carbocycles. The van der Waals surface area contributed by atoms with Crippen LogP contribution in [0.15, 0.2) is 45.9 Å². The lowest BCUT2D eigenvalue weighted by Crippen LogP contribution is -2.49. The quantitative estimate of drug-likeness (QED) is 0.117. The van der Waals surface area contributed by atoms with Gasteiger partial charge in [-0.2, -0.15) is 0 Å². The fourth-order valence-corrected chi connectivity index (χ4v) is 3.17. The third-order valence-corrected chi connectivity index (χ3v) is 5.41. The van der Waals surface area contributed by atoms with Gasteiger partial charge in [0.1, 0.15) is 23.7 Å². The molecule has 8 N–H and O–H groups in total. The normalized spacial score (nSPS) is 13.3. The van der Waals surface area contributed by atoms with E-state index in [0.717, 1.165) is 59.6 Å². The molecule has 0 bridgehead atoms. The van der Waals surface area contributed by atoms with Crippen LogP contribution < -0.4 is 20.1 Å². The Morgan fingerprint density at radius 1 is 0.750 bits per heavy atom. The van der Waals surface area contributed by atoms with Crippen LogP contribution in [0.1, 0.15) is 12.8 Å². The van der Waals surface area contributed by atoms with E-state index in [0.29, 0.717) is 0 Å². The molecule has 0 saturated carbocycles. The number of carboxylic acid groups (broad SMARTS) is 2. The average Bonchev–Trinajstić information content (AvgIpc) is 2.92. The van der Waals surface area contributed by atoms with E-state index in [1.165, 1.54) is 0 Å². The van der Waals surface area contributed by atoms with Gasteiger partial charge in [-0.05, 0) is 84.0 Å². The zero-order valence-corrected chi connectivity index (χ0v) is 25.2. The summed E-state index contributed by atoms with van der Waals surface area (Å²) in [5, 5.41) is 57.6. The number of aliphatic hydroxyl groups is 4. The summed E-state index contributed by atoms with van der Waals surface area (Å²) in [5.41, 5.74) is 0. The first kappa shape index (κ1) is 37.6. The van der Waals surface area contributed by atoms with Crippen molar-refractivity contribution in [1.29, 1.82) is 0 Å². The number of halogens is 2. The van der Waals surface area contributed by atoms with Crippen molar-refractivity contribution in [2.75, 3.05) is 40.4 Å². The van der Waals surface area contributed by atoms with Crippen molar-refractivity contribution in [3.8, 4) is 11.5 Å². The number of ether oxygens (including phenoxy) is 2. The highest BCUT2D eigenvalue weighted by atomic mass is 79.9. The highest BCUT2D eigenvalue weighted by Crippen LogP contribution is 2.16. The van der Waals surface area contributed by atoms with Crippen LogP contribution in [-0.2, 0) is 9.59 Å². The van der Waals surface area contributed by atoms with Crippen LogP contribution in [0.3, 0.4) is 0 Å². The molecule has 2 aromatic heterocycles. The molecule has 0 unspecified atom stereocenters. The van der Waals surface area contributed by atoms with E-state index in [1.54, 1.807) is 24.8 Å². The van der Waals surface area contributed by atoms with Gasteiger partial charge in [-0.1, -0.05) is 0 Å². The van der Waals surface area contributed by atoms with Gasteiger partial charge >= 0.3 is 11.9 Å². The van der Waals surface area contributed by atoms with Crippen molar-refractivity contribution in [2.45, 2.75) is 37.3 Å². The molecular weight excluding hydrogens is 664 g/mol. The van der Waals surface area contributed by atoms with Crippen LogP contribution in [0.25, 0.3) is 0 Å². The summed E-state index contributed by atoms with van der Waals surface area (Å²) >= 11 is 6.66. The molecule has 0 amide bonds. The molecule has 2 aromatic rings. The van der Waals surface area contributed by atoms with Gasteiger partial charge in [-0.3, -0.25) is 9.97 Å². The van der Waals surface area contributed by atoms with Gasteiger partial charge in [0.05, 0.1) is 25.6 Å². The van der Waals surface area contributed by atoms with Crippen molar-refractivity contribution in [3.05, 3.63) is 45.9 Å². The van der Waals surface area contributed by atoms with E-state index in [9.17, 15) is 9.59 Å². The van der Waals surface area contributed by atoms with E-state index in [4.69, 9.17) is 40.1 Å². The Kier molecular flexibility index (Phi) is 20.9. The maximum Gasteiger partial charge on any atom is 0.335 e. The lowest BCUT2D eigenvalue weighted by atomic mass is 10.0. The number of pyridine rings is 2. The first-order valence-electron chi connectivity index (χ1n) is 11.9. The number of aliphatic hydroxyl groups excluding tert-OH is 4. The van der Waals surface area contributed by atoms with Gasteiger partial charge in [0.15, 0.2) is 12.2 Å². The number of hydrogen-bond acceptors (Lipinski definition) is 12. The van der Waals surface area contributed by atoms with Gasteiger partial charge in [0, 0.05) is 21.3 Å². The number of aliphatic carboxylic acids is 2. The number of hydrogen-bond donors (Lipinski definition) is 8. The van der Waals surface area contributed by atoms with E-state index in [-0.39, 0.29) is 0 Å². The fraction of sp³-hybridized carbons (Fsp3) is 0.500. The summed E-state index contributed by atoms with van der Waals surface area (Å²) in [4.78, 5) is 28.2.